The van der Waals surface area contributed by atoms with Gasteiger partial charge in [-0.15, -0.1) is 11.3 Å². The molecule has 1 aromatic heterocycles. The van der Waals surface area contributed by atoms with Crippen LogP contribution in [-0.2, 0) is 16.1 Å². The molecule has 0 bridgehead atoms. The summed E-state index contributed by atoms with van der Waals surface area (Å²) in [7, 11) is 3.21. The van der Waals surface area contributed by atoms with Crippen LogP contribution in [0.3, 0.4) is 0 Å². The first-order chi connectivity index (χ1) is 11.0. The van der Waals surface area contributed by atoms with E-state index in [2.05, 4.69) is 18.3 Å². The van der Waals surface area contributed by atoms with Crippen molar-refractivity contribution in [3.8, 4) is 0 Å². The number of ether oxygens (including phenoxy) is 1. The second-order valence-corrected chi connectivity index (χ2v) is 6.29. The van der Waals surface area contributed by atoms with E-state index in [4.69, 9.17) is 4.74 Å². The largest absolute Gasteiger partial charge is 0.465 e. The van der Waals surface area contributed by atoms with Gasteiger partial charge >= 0.3 is 5.97 Å². The molecule has 0 saturated heterocycles. The van der Waals surface area contributed by atoms with Crippen LogP contribution >= 0.6 is 11.3 Å². The molecule has 0 atom stereocenters. The van der Waals surface area contributed by atoms with E-state index >= 15 is 0 Å². The van der Waals surface area contributed by atoms with Gasteiger partial charge in [0, 0.05) is 11.4 Å². The lowest BCUT2D eigenvalue weighted by Gasteiger charge is -2.16. The number of hydrogen-bond acceptors (Lipinski definition) is 5. The maximum atomic E-state index is 12.2. The van der Waals surface area contributed by atoms with Crippen LogP contribution in [0, 0.1) is 6.92 Å². The maximum Gasteiger partial charge on any atom is 0.339 e. The van der Waals surface area contributed by atoms with E-state index < -0.39 is 5.97 Å². The molecule has 0 unspecified atom stereocenters. The van der Waals surface area contributed by atoms with Crippen LogP contribution in [-0.4, -0.2) is 37.5 Å². The summed E-state index contributed by atoms with van der Waals surface area (Å²) in [6, 6.07) is 8.88. The first kappa shape index (κ1) is 17.2. The number of nitrogens with one attached hydrogen (secondary N) is 1. The van der Waals surface area contributed by atoms with Crippen LogP contribution in [0.15, 0.2) is 35.7 Å². The molecule has 0 aliphatic carbocycles. The SMILES string of the molecule is COC(=O)c1ccccc1NC(=O)CN(C)Cc1sccc1C. The van der Waals surface area contributed by atoms with Crippen molar-refractivity contribution in [2.75, 3.05) is 26.0 Å². The molecule has 23 heavy (non-hydrogen) atoms. The number of methoxy groups -OCH3 is 1. The van der Waals surface area contributed by atoms with Crippen molar-refractivity contribution < 1.29 is 14.3 Å². The van der Waals surface area contributed by atoms with Gasteiger partial charge in [0.05, 0.1) is 24.9 Å². The number of likely N-dealkylation sites (N-methyl/N-ethyl adjacent to an activating group) is 1. The van der Waals surface area contributed by atoms with Crippen LogP contribution < -0.4 is 5.32 Å². The van der Waals surface area contributed by atoms with Crippen molar-refractivity contribution >= 4 is 28.9 Å². The Kier molecular flexibility index (Phi) is 5.90. The van der Waals surface area contributed by atoms with Gasteiger partial charge in [-0.2, -0.15) is 0 Å². The Morgan fingerprint density at radius 1 is 1.26 bits per heavy atom. The fraction of sp³-hybridized carbons (Fsp3) is 0.294. The monoisotopic (exact) mass is 332 g/mol. The summed E-state index contributed by atoms with van der Waals surface area (Å²) in [5.41, 5.74) is 2.04. The number of anilines is 1. The van der Waals surface area contributed by atoms with Crippen molar-refractivity contribution in [3.05, 3.63) is 51.7 Å². The van der Waals surface area contributed by atoms with E-state index in [1.54, 1.807) is 35.6 Å². The topological polar surface area (TPSA) is 58.6 Å². The molecule has 2 aromatic rings. The second-order valence-electron chi connectivity index (χ2n) is 5.28. The number of benzene rings is 1. The molecule has 6 heteroatoms. The zero-order chi connectivity index (χ0) is 16.8. The summed E-state index contributed by atoms with van der Waals surface area (Å²) in [6.45, 7) is 3.02. The summed E-state index contributed by atoms with van der Waals surface area (Å²) in [4.78, 5) is 27.1. The van der Waals surface area contributed by atoms with Gasteiger partial charge in [-0.1, -0.05) is 12.1 Å². The van der Waals surface area contributed by atoms with Gasteiger partial charge in [-0.05, 0) is 43.1 Å². The fourth-order valence-electron chi connectivity index (χ4n) is 2.18. The number of hydrogen-bond donors (Lipinski definition) is 1. The number of amides is 1. The normalized spacial score (nSPS) is 10.6. The lowest BCUT2D eigenvalue weighted by Crippen LogP contribution is -2.30. The number of esters is 1. The van der Waals surface area contributed by atoms with Gasteiger partial charge in [0.25, 0.3) is 0 Å². The Balaban J connectivity index is 1.97. The third kappa shape index (κ3) is 4.64. The molecule has 0 radical (unpaired) electrons. The van der Waals surface area contributed by atoms with Crippen LogP contribution in [0.1, 0.15) is 20.8 Å². The molecule has 122 valence electrons. The van der Waals surface area contributed by atoms with Crippen molar-refractivity contribution in [1.82, 2.24) is 4.90 Å². The molecular formula is C17H20N2O3S. The highest BCUT2D eigenvalue weighted by atomic mass is 32.1. The van der Waals surface area contributed by atoms with E-state index in [0.29, 0.717) is 11.3 Å². The molecule has 0 aliphatic heterocycles. The molecule has 1 aromatic carbocycles. The zero-order valence-corrected chi connectivity index (χ0v) is 14.3. The highest BCUT2D eigenvalue weighted by Crippen LogP contribution is 2.18. The van der Waals surface area contributed by atoms with Crippen LogP contribution in [0.2, 0.25) is 0 Å². The first-order valence-electron chi connectivity index (χ1n) is 7.20. The van der Waals surface area contributed by atoms with E-state index in [9.17, 15) is 9.59 Å². The molecule has 1 heterocycles. The predicted molar refractivity (Wildman–Crippen MR) is 91.8 cm³/mol. The van der Waals surface area contributed by atoms with Gasteiger partial charge in [0.2, 0.25) is 5.91 Å². The smallest absolute Gasteiger partial charge is 0.339 e. The summed E-state index contributed by atoms with van der Waals surface area (Å²) in [5, 5.41) is 4.82. The van der Waals surface area contributed by atoms with E-state index in [1.165, 1.54) is 17.6 Å². The molecule has 0 spiro atoms. The quantitative estimate of drug-likeness (QED) is 0.826. The van der Waals surface area contributed by atoms with Crippen LogP contribution in [0.4, 0.5) is 5.69 Å². The van der Waals surface area contributed by atoms with Gasteiger partial charge in [0.15, 0.2) is 0 Å². The Hall–Kier alpha value is -2.18. The summed E-state index contributed by atoms with van der Waals surface area (Å²) in [5.74, 6) is -0.637. The molecule has 0 saturated carbocycles. The van der Waals surface area contributed by atoms with E-state index in [0.717, 1.165) is 6.54 Å². The maximum absolute atomic E-state index is 12.2. The molecule has 0 aliphatic rings. The molecule has 1 amide bonds. The van der Waals surface area contributed by atoms with Crippen molar-refractivity contribution in [2.24, 2.45) is 0 Å². The van der Waals surface area contributed by atoms with Gasteiger partial charge in [0.1, 0.15) is 0 Å². The molecule has 5 nitrogen and oxygen atoms in total. The van der Waals surface area contributed by atoms with Crippen molar-refractivity contribution in [3.63, 3.8) is 0 Å². The highest BCUT2D eigenvalue weighted by Gasteiger charge is 2.14. The average Bonchev–Trinajstić information content (AvgIpc) is 2.91. The Labute approximate surface area is 139 Å². The van der Waals surface area contributed by atoms with E-state index in [-0.39, 0.29) is 12.5 Å². The number of nitrogens with zero attached hydrogens (tertiary/aromatic N) is 1. The number of aryl methyl sites for hydroxylation is 1. The predicted octanol–water partition coefficient (Wildman–Crippen LogP) is 2.91. The average molecular weight is 332 g/mol. The summed E-state index contributed by atoms with van der Waals surface area (Å²) in [6.07, 6.45) is 0. The third-order valence-electron chi connectivity index (χ3n) is 3.40. The minimum atomic E-state index is -0.469. The number of rotatable bonds is 6. The van der Waals surface area contributed by atoms with Crippen LogP contribution in [0.5, 0.6) is 0 Å². The number of carbonyl (C=O) groups is 2. The molecule has 0 fully saturated rings. The van der Waals surface area contributed by atoms with E-state index in [1.807, 2.05) is 17.3 Å². The zero-order valence-electron chi connectivity index (χ0n) is 13.5. The number of thiophene rings is 1. The fourth-order valence-corrected chi connectivity index (χ4v) is 3.17. The second kappa shape index (κ2) is 7.89. The lowest BCUT2D eigenvalue weighted by molar-refractivity contribution is -0.117. The van der Waals surface area contributed by atoms with Gasteiger partial charge in [-0.25, -0.2) is 4.79 Å². The van der Waals surface area contributed by atoms with Gasteiger partial charge in [-0.3, -0.25) is 9.69 Å². The summed E-state index contributed by atoms with van der Waals surface area (Å²) >= 11 is 1.68. The molecule has 2 rings (SSSR count). The first-order valence-corrected chi connectivity index (χ1v) is 8.08. The standard InChI is InChI=1S/C17H20N2O3S/c1-12-8-9-23-15(12)10-19(2)11-16(20)18-14-7-5-4-6-13(14)17(21)22-3/h4-9H,10-11H2,1-3H3,(H,18,20). The van der Waals surface area contributed by atoms with Crippen molar-refractivity contribution in [2.45, 2.75) is 13.5 Å². The van der Waals surface area contributed by atoms with Gasteiger partial charge < -0.3 is 10.1 Å². The Morgan fingerprint density at radius 3 is 2.65 bits per heavy atom. The number of carbonyl (C=O) groups excluding carboxylic acids is 2. The Morgan fingerprint density at radius 2 is 2.00 bits per heavy atom. The third-order valence-corrected chi connectivity index (χ3v) is 4.41. The Bertz CT molecular complexity index is 697. The summed E-state index contributed by atoms with van der Waals surface area (Å²) < 4.78 is 4.72. The number of para-hydroxylation sites is 1. The minimum absolute atomic E-state index is 0.168. The van der Waals surface area contributed by atoms with Crippen molar-refractivity contribution in [1.29, 1.82) is 0 Å². The minimum Gasteiger partial charge on any atom is -0.465 e. The van der Waals surface area contributed by atoms with Crippen LogP contribution in [0.25, 0.3) is 0 Å². The molecular weight excluding hydrogens is 312 g/mol. The lowest BCUT2D eigenvalue weighted by atomic mass is 10.2. The highest BCUT2D eigenvalue weighted by molar-refractivity contribution is 7.10. The molecule has 1 N–H and O–H groups in total.